The van der Waals surface area contributed by atoms with Crippen molar-refractivity contribution < 1.29 is 4.79 Å². The van der Waals surface area contributed by atoms with E-state index in [0.29, 0.717) is 5.56 Å². The van der Waals surface area contributed by atoms with Crippen LogP contribution in [-0.4, -0.2) is 5.91 Å². The van der Waals surface area contributed by atoms with Gasteiger partial charge < -0.3 is 5.73 Å². The van der Waals surface area contributed by atoms with Crippen molar-refractivity contribution in [2.75, 3.05) is 0 Å². The monoisotopic (exact) mass is 191 g/mol. The largest absolute Gasteiger partial charge is 0.366 e. The highest BCUT2D eigenvalue weighted by molar-refractivity contribution is 7.10. The molecule has 0 fully saturated rings. The predicted molar refractivity (Wildman–Crippen MR) is 54.7 cm³/mol. The highest BCUT2D eigenvalue weighted by atomic mass is 32.1. The Balaban J connectivity index is 2.54. The topological polar surface area (TPSA) is 43.1 Å². The molecule has 1 aliphatic carbocycles. The molecule has 0 aromatic carbocycles. The van der Waals surface area contributed by atoms with Crippen molar-refractivity contribution in [1.29, 1.82) is 0 Å². The smallest absolute Gasteiger partial charge is 0.250 e. The van der Waals surface area contributed by atoms with Crippen LogP contribution < -0.4 is 5.73 Å². The van der Waals surface area contributed by atoms with E-state index in [9.17, 15) is 4.79 Å². The molecule has 0 bridgehead atoms. The second-order valence-electron chi connectivity index (χ2n) is 2.84. The van der Waals surface area contributed by atoms with E-state index in [-0.39, 0.29) is 5.91 Å². The summed E-state index contributed by atoms with van der Waals surface area (Å²) in [5.74, 6) is -0.343. The first-order chi connectivity index (χ1) is 6.29. The molecule has 13 heavy (non-hydrogen) atoms. The van der Waals surface area contributed by atoms with E-state index >= 15 is 0 Å². The molecule has 1 aromatic rings. The zero-order valence-corrected chi connectivity index (χ0v) is 7.80. The van der Waals surface area contributed by atoms with Crippen molar-refractivity contribution in [3.8, 4) is 0 Å². The fourth-order valence-corrected chi connectivity index (χ4v) is 2.34. The summed E-state index contributed by atoms with van der Waals surface area (Å²) in [6, 6.07) is 0. The first kappa shape index (κ1) is 8.26. The molecule has 1 aliphatic rings. The lowest BCUT2D eigenvalue weighted by molar-refractivity contribution is 0.100. The molecular weight excluding hydrogens is 182 g/mol. The Bertz CT molecular complexity index is 401. The normalized spacial score (nSPS) is 13.8. The van der Waals surface area contributed by atoms with Crippen LogP contribution in [0.2, 0.25) is 0 Å². The van der Waals surface area contributed by atoms with Crippen LogP contribution in [0.25, 0.3) is 6.08 Å². The minimum Gasteiger partial charge on any atom is -0.366 e. The third-order valence-corrected chi connectivity index (χ3v) is 3.01. The Morgan fingerprint density at radius 2 is 2.31 bits per heavy atom. The Morgan fingerprint density at radius 1 is 1.46 bits per heavy atom. The maximum Gasteiger partial charge on any atom is 0.250 e. The molecule has 0 unspecified atom stereocenters. The maximum atomic E-state index is 11.0. The van der Waals surface area contributed by atoms with E-state index in [4.69, 9.17) is 5.73 Å². The first-order valence-electron chi connectivity index (χ1n) is 4.02. The van der Waals surface area contributed by atoms with Crippen molar-refractivity contribution >= 4 is 23.3 Å². The summed E-state index contributed by atoms with van der Waals surface area (Å²) >= 11 is 1.59. The minimum absolute atomic E-state index is 0.343. The number of rotatable bonds is 1. The Hall–Kier alpha value is -1.35. The van der Waals surface area contributed by atoms with Crippen LogP contribution in [0.1, 0.15) is 20.8 Å². The number of nitrogens with two attached hydrogens (primary N) is 1. The molecule has 1 aromatic heterocycles. The molecule has 66 valence electrons. The number of hydrogen-bond donors (Lipinski definition) is 1. The average Bonchev–Trinajstić information content (AvgIpc) is 2.36. The van der Waals surface area contributed by atoms with Gasteiger partial charge in [-0.15, -0.1) is 11.3 Å². The summed E-state index contributed by atoms with van der Waals surface area (Å²) in [4.78, 5) is 12.2. The predicted octanol–water partition coefficient (Wildman–Crippen LogP) is 1.97. The molecule has 0 aliphatic heterocycles. The third-order valence-electron chi connectivity index (χ3n) is 1.99. The summed E-state index contributed by atoms with van der Waals surface area (Å²) in [6.45, 7) is 0. The van der Waals surface area contributed by atoms with Gasteiger partial charge in [0.15, 0.2) is 0 Å². The minimum atomic E-state index is -0.343. The molecule has 0 radical (unpaired) electrons. The van der Waals surface area contributed by atoms with Gasteiger partial charge in [0.05, 0.1) is 5.56 Å². The molecule has 1 heterocycles. The van der Waals surface area contributed by atoms with Gasteiger partial charge in [0.1, 0.15) is 0 Å². The van der Waals surface area contributed by atoms with Gasteiger partial charge in [0.25, 0.3) is 0 Å². The molecule has 0 saturated carbocycles. The zero-order chi connectivity index (χ0) is 9.26. The van der Waals surface area contributed by atoms with Crippen molar-refractivity contribution in [3.63, 3.8) is 0 Å². The van der Waals surface area contributed by atoms with Gasteiger partial charge >= 0.3 is 0 Å². The summed E-state index contributed by atoms with van der Waals surface area (Å²) in [5.41, 5.74) is 6.87. The third kappa shape index (κ3) is 1.42. The number of carbonyl (C=O) groups is 1. The fraction of sp³-hybridized carbons (Fsp3) is 0.100. The molecule has 3 heteroatoms. The van der Waals surface area contributed by atoms with Crippen LogP contribution in [-0.2, 0) is 6.42 Å². The second-order valence-corrected chi connectivity index (χ2v) is 3.81. The maximum absolute atomic E-state index is 11.0. The number of hydrogen-bond acceptors (Lipinski definition) is 2. The summed E-state index contributed by atoms with van der Waals surface area (Å²) in [6.07, 6.45) is 8.82. The van der Waals surface area contributed by atoms with Crippen LogP contribution in [0.5, 0.6) is 0 Å². The van der Waals surface area contributed by atoms with Crippen molar-refractivity contribution in [2.24, 2.45) is 5.73 Å². The molecular formula is C10H9NOS. The van der Waals surface area contributed by atoms with Gasteiger partial charge in [0, 0.05) is 22.2 Å². The van der Waals surface area contributed by atoms with Gasteiger partial charge in [-0.1, -0.05) is 24.3 Å². The van der Waals surface area contributed by atoms with E-state index in [1.807, 2.05) is 23.6 Å². The van der Waals surface area contributed by atoms with Crippen LogP contribution in [0.3, 0.4) is 0 Å². The Kier molecular flexibility index (Phi) is 2.02. The van der Waals surface area contributed by atoms with Gasteiger partial charge in [-0.25, -0.2) is 0 Å². The molecule has 0 atom stereocenters. The summed E-state index contributed by atoms with van der Waals surface area (Å²) in [5, 5.41) is 1.83. The number of fused-ring (bicyclic) bond motifs is 1. The van der Waals surface area contributed by atoms with E-state index in [1.165, 1.54) is 4.88 Å². The summed E-state index contributed by atoms with van der Waals surface area (Å²) < 4.78 is 0. The SMILES string of the molecule is NC(=O)c1csc2c1C=CC=CC2. The number of thiophene rings is 1. The highest BCUT2D eigenvalue weighted by Crippen LogP contribution is 2.26. The van der Waals surface area contributed by atoms with E-state index in [2.05, 4.69) is 6.08 Å². The van der Waals surface area contributed by atoms with Crippen molar-refractivity contribution in [1.82, 2.24) is 0 Å². The van der Waals surface area contributed by atoms with Gasteiger partial charge in [-0.2, -0.15) is 0 Å². The van der Waals surface area contributed by atoms with Gasteiger partial charge in [0.2, 0.25) is 5.91 Å². The van der Waals surface area contributed by atoms with Crippen molar-refractivity contribution in [2.45, 2.75) is 6.42 Å². The molecule has 1 amide bonds. The van der Waals surface area contributed by atoms with Gasteiger partial charge in [-0.05, 0) is 0 Å². The van der Waals surface area contributed by atoms with Crippen molar-refractivity contribution in [3.05, 3.63) is 39.6 Å². The molecule has 2 nitrogen and oxygen atoms in total. The lowest BCUT2D eigenvalue weighted by Crippen LogP contribution is -2.11. The zero-order valence-electron chi connectivity index (χ0n) is 6.99. The molecule has 2 rings (SSSR count). The number of amides is 1. The van der Waals surface area contributed by atoms with Crippen LogP contribution in [0.4, 0.5) is 0 Å². The standard InChI is InChI=1S/C10H9NOS/c11-10(12)8-6-13-9-5-3-1-2-4-7(8)9/h1-4,6H,5H2,(H2,11,12). The van der Waals surface area contributed by atoms with Crippen LogP contribution >= 0.6 is 11.3 Å². The highest BCUT2D eigenvalue weighted by Gasteiger charge is 2.12. The van der Waals surface area contributed by atoms with E-state index in [1.54, 1.807) is 11.3 Å². The lowest BCUT2D eigenvalue weighted by Gasteiger charge is -1.95. The van der Waals surface area contributed by atoms with E-state index in [0.717, 1.165) is 12.0 Å². The number of allylic oxidation sites excluding steroid dienone is 3. The number of primary amides is 1. The quantitative estimate of drug-likeness (QED) is 0.724. The molecule has 2 N–H and O–H groups in total. The Morgan fingerprint density at radius 3 is 3.08 bits per heavy atom. The first-order valence-corrected chi connectivity index (χ1v) is 4.90. The Labute approximate surface area is 80.4 Å². The lowest BCUT2D eigenvalue weighted by atomic mass is 10.1. The van der Waals surface area contributed by atoms with Crippen LogP contribution in [0.15, 0.2) is 23.6 Å². The number of carbonyl (C=O) groups excluding carboxylic acids is 1. The summed E-state index contributed by atoms with van der Waals surface area (Å²) in [7, 11) is 0. The molecule has 0 saturated heterocycles. The molecule has 0 spiro atoms. The second kappa shape index (κ2) is 3.18. The van der Waals surface area contributed by atoms with Crippen LogP contribution in [0, 0.1) is 0 Å². The van der Waals surface area contributed by atoms with Gasteiger partial charge in [-0.3, -0.25) is 4.79 Å². The fourth-order valence-electron chi connectivity index (χ4n) is 1.34. The van der Waals surface area contributed by atoms with E-state index < -0.39 is 0 Å². The average molecular weight is 191 g/mol.